The second kappa shape index (κ2) is 4.94. The van der Waals surface area contributed by atoms with Crippen molar-refractivity contribution in [1.29, 1.82) is 0 Å². The van der Waals surface area contributed by atoms with Crippen molar-refractivity contribution in [3.05, 3.63) is 16.4 Å². The Balaban J connectivity index is 2.11. The Morgan fingerprint density at radius 2 is 2.19 bits per heavy atom. The van der Waals surface area contributed by atoms with Gasteiger partial charge in [0.15, 0.2) is 0 Å². The second-order valence-corrected chi connectivity index (χ2v) is 5.12. The summed E-state index contributed by atoms with van der Waals surface area (Å²) in [5.74, 6) is 0.672. The SMILES string of the molecule is Cc1nn(C)c(CN(CCCl)C2CC2)c1Cl. The predicted molar refractivity (Wildman–Crippen MR) is 67.1 cm³/mol. The molecule has 0 atom stereocenters. The number of alkyl halides is 1. The van der Waals surface area contributed by atoms with Gasteiger partial charge < -0.3 is 0 Å². The van der Waals surface area contributed by atoms with E-state index in [1.165, 1.54) is 12.8 Å². The van der Waals surface area contributed by atoms with Crippen LogP contribution in [-0.2, 0) is 13.6 Å². The summed E-state index contributed by atoms with van der Waals surface area (Å²) in [7, 11) is 1.94. The van der Waals surface area contributed by atoms with Crippen LogP contribution < -0.4 is 0 Å². The summed E-state index contributed by atoms with van der Waals surface area (Å²) in [5.41, 5.74) is 2.00. The highest BCUT2D eigenvalue weighted by atomic mass is 35.5. The molecule has 1 aromatic rings. The van der Waals surface area contributed by atoms with Crippen LogP contribution in [0.15, 0.2) is 0 Å². The van der Waals surface area contributed by atoms with E-state index in [0.29, 0.717) is 11.9 Å². The molecular weight excluding hydrogens is 245 g/mol. The van der Waals surface area contributed by atoms with Crippen LogP contribution in [0.3, 0.4) is 0 Å². The van der Waals surface area contributed by atoms with Gasteiger partial charge in [-0.1, -0.05) is 11.6 Å². The van der Waals surface area contributed by atoms with Crippen molar-refractivity contribution in [2.45, 2.75) is 32.4 Å². The number of hydrogen-bond acceptors (Lipinski definition) is 2. The molecule has 0 amide bonds. The molecular formula is C11H17Cl2N3. The van der Waals surface area contributed by atoms with Crippen LogP contribution in [0.1, 0.15) is 24.2 Å². The first-order valence-electron chi connectivity index (χ1n) is 5.61. The molecule has 1 aliphatic carbocycles. The summed E-state index contributed by atoms with van der Waals surface area (Å²) in [5, 5.41) is 5.12. The quantitative estimate of drug-likeness (QED) is 0.760. The van der Waals surface area contributed by atoms with E-state index in [1.54, 1.807) is 0 Å². The molecule has 0 N–H and O–H groups in total. The number of halogens is 2. The Morgan fingerprint density at radius 1 is 1.50 bits per heavy atom. The van der Waals surface area contributed by atoms with E-state index < -0.39 is 0 Å². The van der Waals surface area contributed by atoms with Crippen LogP contribution in [0.4, 0.5) is 0 Å². The van der Waals surface area contributed by atoms with E-state index in [1.807, 2.05) is 18.7 Å². The standard InChI is InChI=1S/C11H17Cl2N3/c1-8-11(13)10(15(2)14-8)7-16(6-5-12)9-3-4-9/h9H,3-7H2,1-2H3. The Labute approximate surface area is 106 Å². The highest BCUT2D eigenvalue weighted by Crippen LogP contribution is 2.30. The maximum atomic E-state index is 6.24. The Morgan fingerprint density at radius 3 is 2.62 bits per heavy atom. The molecule has 0 aromatic carbocycles. The van der Waals surface area contributed by atoms with Gasteiger partial charge in [-0.25, -0.2) is 0 Å². The fourth-order valence-electron chi connectivity index (χ4n) is 1.98. The summed E-state index contributed by atoms with van der Waals surface area (Å²) < 4.78 is 1.88. The van der Waals surface area contributed by atoms with E-state index in [4.69, 9.17) is 23.2 Å². The largest absolute Gasteiger partial charge is 0.293 e. The maximum Gasteiger partial charge on any atom is 0.0860 e. The predicted octanol–water partition coefficient (Wildman–Crippen LogP) is 2.59. The van der Waals surface area contributed by atoms with Gasteiger partial charge in [0.25, 0.3) is 0 Å². The molecule has 0 unspecified atom stereocenters. The van der Waals surface area contributed by atoms with Crippen molar-refractivity contribution < 1.29 is 0 Å². The molecule has 3 nitrogen and oxygen atoms in total. The molecule has 0 radical (unpaired) electrons. The monoisotopic (exact) mass is 261 g/mol. The van der Waals surface area contributed by atoms with E-state index in [0.717, 1.165) is 29.5 Å². The van der Waals surface area contributed by atoms with Gasteiger partial charge in [-0.2, -0.15) is 5.10 Å². The molecule has 1 aromatic heterocycles. The van der Waals surface area contributed by atoms with Gasteiger partial charge in [-0.15, -0.1) is 11.6 Å². The van der Waals surface area contributed by atoms with Crippen LogP contribution >= 0.6 is 23.2 Å². The van der Waals surface area contributed by atoms with Crippen molar-refractivity contribution in [2.24, 2.45) is 7.05 Å². The number of aryl methyl sites for hydroxylation is 2. The topological polar surface area (TPSA) is 21.1 Å². The molecule has 0 saturated heterocycles. The zero-order chi connectivity index (χ0) is 11.7. The van der Waals surface area contributed by atoms with Crippen molar-refractivity contribution in [3.8, 4) is 0 Å². The third-order valence-electron chi connectivity index (χ3n) is 3.05. The van der Waals surface area contributed by atoms with Crippen LogP contribution in [-0.4, -0.2) is 33.1 Å². The van der Waals surface area contributed by atoms with Crippen LogP contribution in [0.5, 0.6) is 0 Å². The van der Waals surface area contributed by atoms with Gasteiger partial charge in [0.1, 0.15) is 0 Å². The molecule has 2 rings (SSSR count). The minimum atomic E-state index is 0.672. The van der Waals surface area contributed by atoms with Crippen molar-refractivity contribution in [1.82, 2.24) is 14.7 Å². The Hall–Kier alpha value is -0.250. The Kier molecular flexibility index (Phi) is 3.77. The maximum absolute atomic E-state index is 6.24. The molecule has 0 bridgehead atoms. The van der Waals surface area contributed by atoms with Crippen molar-refractivity contribution in [2.75, 3.05) is 12.4 Å². The minimum Gasteiger partial charge on any atom is -0.293 e. The first-order chi connectivity index (χ1) is 7.63. The van der Waals surface area contributed by atoms with E-state index >= 15 is 0 Å². The van der Waals surface area contributed by atoms with E-state index in [9.17, 15) is 0 Å². The summed E-state index contributed by atoms with van der Waals surface area (Å²) in [6, 6.07) is 0.699. The summed E-state index contributed by atoms with van der Waals surface area (Å²) >= 11 is 12.1. The minimum absolute atomic E-state index is 0.672. The van der Waals surface area contributed by atoms with Crippen molar-refractivity contribution in [3.63, 3.8) is 0 Å². The van der Waals surface area contributed by atoms with Gasteiger partial charge in [0.05, 0.1) is 16.4 Å². The normalized spacial score (nSPS) is 16.1. The summed E-state index contributed by atoms with van der Waals surface area (Å²) in [6.45, 7) is 3.72. The highest BCUT2D eigenvalue weighted by molar-refractivity contribution is 6.31. The Bertz CT molecular complexity index is 372. The average molecular weight is 262 g/mol. The number of hydrogen-bond donors (Lipinski definition) is 0. The van der Waals surface area contributed by atoms with Gasteiger partial charge >= 0.3 is 0 Å². The third kappa shape index (κ3) is 2.53. The van der Waals surface area contributed by atoms with Gasteiger partial charge in [0, 0.05) is 32.1 Å². The van der Waals surface area contributed by atoms with Crippen molar-refractivity contribution >= 4 is 23.2 Å². The van der Waals surface area contributed by atoms with Gasteiger partial charge in [-0.05, 0) is 19.8 Å². The molecule has 90 valence electrons. The van der Waals surface area contributed by atoms with Crippen LogP contribution in [0.2, 0.25) is 5.02 Å². The fraction of sp³-hybridized carbons (Fsp3) is 0.727. The van der Waals surface area contributed by atoms with Crippen LogP contribution in [0, 0.1) is 6.92 Å². The first-order valence-corrected chi connectivity index (χ1v) is 6.52. The first kappa shape index (κ1) is 12.2. The lowest BCUT2D eigenvalue weighted by atomic mass is 10.3. The molecule has 16 heavy (non-hydrogen) atoms. The molecule has 5 heteroatoms. The molecule has 1 heterocycles. The number of rotatable bonds is 5. The zero-order valence-corrected chi connectivity index (χ0v) is 11.2. The lowest BCUT2D eigenvalue weighted by molar-refractivity contribution is 0.263. The molecule has 1 saturated carbocycles. The smallest absolute Gasteiger partial charge is 0.0860 e. The second-order valence-electron chi connectivity index (χ2n) is 4.36. The third-order valence-corrected chi connectivity index (χ3v) is 3.71. The zero-order valence-electron chi connectivity index (χ0n) is 9.71. The van der Waals surface area contributed by atoms with E-state index in [2.05, 4.69) is 10.00 Å². The molecule has 1 fully saturated rings. The fourth-order valence-corrected chi connectivity index (χ4v) is 2.42. The lowest BCUT2D eigenvalue weighted by Gasteiger charge is -2.20. The highest BCUT2D eigenvalue weighted by Gasteiger charge is 2.29. The number of nitrogens with zero attached hydrogens (tertiary/aromatic N) is 3. The van der Waals surface area contributed by atoms with Gasteiger partial charge in [-0.3, -0.25) is 9.58 Å². The van der Waals surface area contributed by atoms with Gasteiger partial charge in [0.2, 0.25) is 0 Å². The average Bonchev–Trinajstić information content (AvgIpc) is 3.03. The molecule has 0 spiro atoms. The molecule has 0 aliphatic heterocycles. The lowest BCUT2D eigenvalue weighted by Crippen LogP contribution is -2.28. The van der Waals surface area contributed by atoms with E-state index in [-0.39, 0.29) is 0 Å². The van der Waals surface area contributed by atoms with Crippen LogP contribution in [0.25, 0.3) is 0 Å². The molecule has 1 aliphatic rings. The summed E-state index contributed by atoms with van der Waals surface area (Å²) in [4.78, 5) is 2.40. The summed E-state index contributed by atoms with van der Waals surface area (Å²) in [6.07, 6.45) is 2.57. The number of aromatic nitrogens is 2.